The highest BCUT2D eigenvalue weighted by atomic mass is 32.1. The molecule has 1 aliphatic heterocycles. The van der Waals surface area contributed by atoms with Crippen LogP contribution in [0.4, 0.5) is 0 Å². The van der Waals surface area contributed by atoms with Crippen LogP contribution in [0, 0.1) is 5.92 Å². The van der Waals surface area contributed by atoms with E-state index < -0.39 is 0 Å². The number of carbonyl (C=O) groups excluding carboxylic acids is 1. The molecule has 2 aromatic heterocycles. The van der Waals surface area contributed by atoms with Crippen LogP contribution in [0.25, 0.3) is 0 Å². The van der Waals surface area contributed by atoms with Gasteiger partial charge in [-0.1, -0.05) is 0 Å². The summed E-state index contributed by atoms with van der Waals surface area (Å²) in [6.45, 7) is 3.10. The van der Waals surface area contributed by atoms with Crippen molar-refractivity contribution in [3.63, 3.8) is 0 Å². The fourth-order valence-electron chi connectivity index (χ4n) is 3.06. The second-order valence-electron chi connectivity index (χ2n) is 5.90. The van der Waals surface area contributed by atoms with Crippen molar-refractivity contribution in [2.75, 3.05) is 20.1 Å². The fourth-order valence-corrected chi connectivity index (χ4v) is 3.61. The zero-order valence-corrected chi connectivity index (χ0v) is 14.1. The highest BCUT2D eigenvalue weighted by Gasteiger charge is 2.21. The molecular formula is C16H21N5OS. The number of hydrogen-bond donors (Lipinski definition) is 1. The molecule has 0 radical (unpaired) electrons. The van der Waals surface area contributed by atoms with Crippen molar-refractivity contribution < 1.29 is 4.79 Å². The van der Waals surface area contributed by atoms with Gasteiger partial charge in [0, 0.05) is 31.2 Å². The molecule has 0 unspecified atom stereocenters. The van der Waals surface area contributed by atoms with Gasteiger partial charge in [0.1, 0.15) is 12.0 Å². The monoisotopic (exact) mass is 331 g/mol. The van der Waals surface area contributed by atoms with E-state index in [0.29, 0.717) is 11.6 Å². The number of nitrogens with one attached hydrogen (secondary N) is 1. The Morgan fingerprint density at radius 3 is 3.09 bits per heavy atom. The first kappa shape index (κ1) is 16.0. The topological polar surface area (TPSA) is 71.0 Å². The lowest BCUT2D eigenvalue weighted by atomic mass is 9.93. The molecule has 122 valence electrons. The molecule has 0 aromatic carbocycles. The summed E-state index contributed by atoms with van der Waals surface area (Å²) in [4.78, 5) is 26.9. The Labute approximate surface area is 140 Å². The van der Waals surface area contributed by atoms with E-state index in [2.05, 4.69) is 30.5 Å². The van der Waals surface area contributed by atoms with E-state index in [9.17, 15) is 4.79 Å². The van der Waals surface area contributed by atoms with Gasteiger partial charge in [-0.3, -0.25) is 9.69 Å². The number of piperidine rings is 1. The van der Waals surface area contributed by atoms with Gasteiger partial charge < -0.3 is 5.32 Å². The molecule has 3 heterocycles. The molecule has 3 rings (SSSR count). The Balaban J connectivity index is 1.60. The van der Waals surface area contributed by atoms with E-state index in [0.717, 1.165) is 37.4 Å². The Bertz CT molecular complexity index is 646. The van der Waals surface area contributed by atoms with Crippen LogP contribution >= 0.6 is 11.3 Å². The molecule has 1 aliphatic rings. The van der Waals surface area contributed by atoms with Gasteiger partial charge >= 0.3 is 0 Å². The second-order valence-corrected chi connectivity index (χ2v) is 6.62. The standard InChI is InChI=1S/C16H21N5OS/c1-17-16(22)15-6-13(18-10-19-15)5-12-3-2-4-21(7-12)8-14-9-23-11-20-14/h6,9-12H,2-5,7-8H2,1H3,(H,17,22)/t12-/m1/s1. The predicted molar refractivity (Wildman–Crippen MR) is 89.2 cm³/mol. The number of thiazole rings is 1. The zero-order valence-electron chi connectivity index (χ0n) is 13.2. The van der Waals surface area contributed by atoms with Crippen molar-refractivity contribution in [1.29, 1.82) is 0 Å². The summed E-state index contributed by atoms with van der Waals surface area (Å²) in [6.07, 6.45) is 4.77. The predicted octanol–water partition coefficient (Wildman–Crippen LogP) is 1.75. The highest BCUT2D eigenvalue weighted by Crippen LogP contribution is 2.21. The van der Waals surface area contributed by atoms with Crippen LogP contribution in [0.2, 0.25) is 0 Å². The summed E-state index contributed by atoms with van der Waals surface area (Å²) >= 11 is 1.65. The van der Waals surface area contributed by atoms with E-state index in [4.69, 9.17) is 0 Å². The first-order valence-electron chi connectivity index (χ1n) is 7.87. The zero-order chi connectivity index (χ0) is 16.1. The van der Waals surface area contributed by atoms with Gasteiger partial charge in [0.05, 0.1) is 11.2 Å². The Morgan fingerprint density at radius 2 is 2.30 bits per heavy atom. The second kappa shape index (κ2) is 7.61. The van der Waals surface area contributed by atoms with Crippen LogP contribution in [0.5, 0.6) is 0 Å². The molecule has 6 nitrogen and oxygen atoms in total. The minimum atomic E-state index is -0.164. The van der Waals surface area contributed by atoms with Crippen molar-refractivity contribution in [2.24, 2.45) is 5.92 Å². The third kappa shape index (κ3) is 4.33. The summed E-state index contributed by atoms with van der Waals surface area (Å²) in [6, 6.07) is 1.80. The maximum Gasteiger partial charge on any atom is 0.269 e. The van der Waals surface area contributed by atoms with Crippen LogP contribution < -0.4 is 5.32 Å². The average Bonchev–Trinajstić information content (AvgIpc) is 3.07. The van der Waals surface area contributed by atoms with Gasteiger partial charge in [0.25, 0.3) is 5.91 Å². The Kier molecular flexibility index (Phi) is 5.30. The van der Waals surface area contributed by atoms with Gasteiger partial charge in [-0.15, -0.1) is 11.3 Å². The summed E-state index contributed by atoms with van der Waals surface area (Å²) in [7, 11) is 1.61. The molecule has 1 fully saturated rings. The van der Waals surface area contributed by atoms with Gasteiger partial charge in [-0.2, -0.15) is 0 Å². The van der Waals surface area contributed by atoms with Gasteiger partial charge in [-0.05, 0) is 37.8 Å². The first-order chi connectivity index (χ1) is 11.2. The molecule has 1 amide bonds. The molecule has 23 heavy (non-hydrogen) atoms. The quantitative estimate of drug-likeness (QED) is 0.904. The molecule has 1 saturated heterocycles. The molecule has 2 aromatic rings. The van der Waals surface area contributed by atoms with E-state index in [-0.39, 0.29) is 5.91 Å². The molecular weight excluding hydrogens is 310 g/mol. The maximum absolute atomic E-state index is 11.7. The summed E-state index contributed by atoms with van der Waals surface area (Å²) in [5.74, 6) is 0.400. The van der Waals surface area contributed by atoms with Crippen molar-refractivity contribution in [2.45, 2.75) is 25.8 Å². The van der Waals surface area contributed by atoms with Crippen LogP contribution in [0.3, 0.4) is 0 Å². The van der Waals surface area contributed by atoms with Crippen LogP contribution in [0.1, 0.15) is 34.7 Å². The summed E-state index contributed by atoms with van der Waals surface area (Å²) < 4.78 is 0. The number of aromatic nitrogens is 3. The van der Waals surface area contributed by atoms with Crippen molar-refractivity contribution in [1.82, 2.24) is 25.2 Å². The van der Waals surface area contributed by atoms with Crippen LogP contribution in [-0.2, 0) is 13.0 Å². The lowest BCUT2D eigenvalue weighted by molar-refractivity contribution is 0.0957. The van der Waals surface area contributed by atoms with E-state index in [1.54, 1.807) is 24.5 Å². The summed E-state index contributed by atoms with van der Waals surface area (Å²) in [5.41, 5.74) is 4.42. The molecule has 1 N–H and O–H groups in total. The van der Waals surface area contributed by atoms with E-state index in [1.807, 2.05) is 5.51 Å². The minimum absolute atomic E-state index is 0.164. The first-order valence-corrected chi connectivity index (χ1v) is 8.81. The molecule has 7 heteroatoms. The largest absolute Gasteiger partial charge is 0.354 e. The normalized spacial score (nSPS) is 18.7. The average molecular weight is 331 g/mol. The number of amides is 1. The van der Waals surface area contributed by atoms with Crippen molar-refractivity contribution in [3.05, 3.63) is 40.4 Å². The molecule has 1 atom stereocenters. The molecule has 0 aliphatic carbocycles. The third-order valence-electron chi connectivity index (χ3n) is 4.15. The van der Waals surface area contributed by atoms with Crippen molar-refractivity contribution in [3.8, 4) is 0 Å². The summed E-state index contributed by atoms with van der Waals surface area (Å²) in [5, 5.41) is 4.72. The van der Waals surface area contributed by atoms with Crippen molar-refractivity contribution >= 4 is 17.2 Å². The number of likely N-dealkylation sites (tertiary alicyclic amines) is 1. The van der Waals surface area contributed by atoms with Crippen LogP contribution in [-0.4, -0.2) is 45.9 Å². The lowest BCUT2D eigenvalue weighted by Gasteiger charge is -2.32. The Hall–Kier alpha value is -1.86. The number of hydrogen-bond acceptors (Lipinski definition) is 6. The van der Waals surface area contributed by atoms with Gasteiger partial charge in [0.2, 0.25) is 0 Å². The molecule has 0 bridgehead atoms. The van der Waals surface area contributed by atoms with Crippen LogP contribution in [0.15, 0.2) is 23.3 Å². The molecule has 0 saturated carbocycles. The van der Waals surface area contributed by atoms with Gasteiger partial charge in [-0.25, -0.2) is 15.0 Å². The minimum Gasteiger partial charge on any atom is -0.354 e. The van der Waals surface area contributed by atoms with E-state index in [1.165, 1.54) is 19.2 Å². The number of rotatable bonds is 5. The molecule has 0 spiro atoms. The third-order valence-corrected chi connectivity index (χ3v) is 4.79. The maximum atomic E-state index is 11.7. The van der Waals surface area contributed by atoms with Gasteiger partial charge in [0.15, 0.2) is 0 Å². The smallest absolute Gasteiger partial charge is 0.269 e. The lowest BCUT2D eigenvalue weighted by Crippen LogP contribution is -2.36. The number of carbonyl (C=O) groups is 1. The Morgan fingerprint density at radius 1 is 1.39 bits per heavy atom. The fraction of sp³-hybridized carbons (Fsp3) is 0.500. The highest BCUT2D eigenvalue weighted by molar-refractivity contribution is 7.07. The number of nitrogens with zero attached hydrogens (tertiary/aromatic N) is 4. The SMILES string of the molecule is CNC(=O)c1cc(C[C@H]2CCCN(Cc3cscn3)C2)ncn1. The van der Waals surface area contributed by atoms with E-state index >= 15 is 0 Å².